The number of fused-ring (bicyclic) bond motifs is 6. The van der Waals surface area contributed by atoms with Crippen LogP contribution in [0.3, 0.4) is 0 Å². The fraction of sp³-hybridized carbons (Fsp3) is 0.107. The van der Waals surface area contributed by atoms with Crippen LogP contribution in [-0.4, -0.2) is 18.8 Å². The molecule has 2 N–H and O–H groups in total. The monoisotopic (exact) mass is 444 g/mol. The Bertz CT molecular complexity index is 1630. The fourth-order valence-corrected chi connectivity index (χ4v) is 5.66. The number of para-hydroxylation sites is 2. The van der Waals surface area contributed by atoms with Crippen molar-refractivity contribution in [3.8, 4) is 22.9 Å². The van der Waals surface area contributed by atoms with Gasteiger partial charge in [-0.15, -0.1) is 0 Å². The van der Waals surface area contributed by atoms with Gasteiger partial charge in [0.25, 0.3) is 12.5 Å². The van der Waals surface area contributed by atoms with Crippen LogP contribution in [0.2, 0.25) is 0 Å². The molecule has 0 atom stereocenters. The quantitative estimate of drug-likeness (QED) is 0.316. The number of rotatable bonds is 2. The first-order valence-electron chi connectivity index (χ1n) is 11.5. The molecule has 0 saturated carbocycles. The van der Waals surface area contributed by atoms with Crippen LogP contribution in [0.1, 0.15) is 11.4 Å². The van der Waals surface area contributed by atoms with Gasteiger partial charge in [0.15, 0.2) is 11.0 Å². The van der Waals surface area contributed by atoms with Crippen LogP contribution in [0.5, 0.6) is 17.2 Å². The average molecular weight is 444 g/mol. The molecule has 6 heteroatoms. The Morgan fingerprint density at radius 1 is 0.882 bits per heavy atom. The van der Waals surface area contributed by atoms with Gasteiger partial charge in [-0.3, -0.25) is 0 Å². The van der Waals surface area contributed by atoms with Gasteiger partial charge in [0.1, 0.15) is 22.9 Å². The molecule has 0 saturated heterocycles. The topological polar surface area (TPSA) is 50.2 Å². The number of hydrogen-bond acceptors (Lipinski definition) is 3. The van der Waals surface area contributed by atoms with Crippen molar-refractivity contribution in [2.75, 3.05) is 12.4 Å². The minimum atomic E-state index is 0.118. The number of methoxy groups -OCH3 is 1. The average Bonchev–Trinajstić information content (AvgIpc) is 3.19. The minimum absolute atomic E-state index is 0.118. The molecule has 0 aliphatic carbocycles. The van der Waals surface area contributed by atoms with E-state index >= 15 is 0 Å². The summed E-state index contributed by atoms with van der Waals surface area (Å²) >= 11 is 0. The van der Waals surface area contributed by atoms with Gasteiger partial charge in [-0.2, -0.15) is 4.57 Å². The number of imidazole rings is 1. The Morgan fingerprint density at radius 2 is 1.68 bits per heavy atom. The number of aromatic nitrogens is 2. The number of nitrogens with one attached hydrogen (secondary N) is 2. The van der Waals surface area contributed by atoms with E-state index in [1.165, 1.54) is 16.4 Å². The van der Waals surface area contributed by atoms with Crippen LogP contribution < -0.4 is 35.7 Å². The zero-order valence-corrected chi connectivity index (χ0v) is 19.3. The van der Waals surface area contributed by atoms with Crippen LogP contribution in [0, 0.1) is 13.8 Å². The Labute approximate surface area is 198 Å². The summed E-state index contributed by atoms with van der Waals surface area (Å²) in [5.74, 6) is 3.72. The molecule has 34 heavy (non-hydrogen) atoms. The van der Waals surface area contributed by atoms with Gasteiger partial charge in [-0.05, 0) is 42.1 Å². The third kappa shape index (κ3) is 2.48. The second-order valence-corrected chi connectivity index (χ2v) is 8.99. The lowest BCUT2D eigenvalue weighted by atomic mass is 9.34. The van der Waals surface area contributed by atoms with E-state index in [0.29, 0.717) is 0 Å². The zero-order valence-electron chi connectivity index (χ0n) is 19.3. The number of benzene rings is 4. The number of hydrogen-bond donors (Lipinski definition) is 2. The van der Waals surface area contributed by atoms with Gasteiger partial charge < -0.3 is 14.8 Å². The number of aryl methyl sites for hydroxylation is 1. The van der Waals surface area contributed by atoms with E-state index in [1.54, 1.807) is 7.11 Å². The van der Waals surface area contributed by atoms with Crippen LogP contribution in [0.25, 0.3) is 16.7 Å². The summed E-state index contributed by atoms with van der Waals surface area (Å²) in [6, 6.07) is 25.3. The second kappa shape index (κ2) is 6.91. The number of anilines is 2. The maximum atomic E-state index is 6.53. The van der Waals surface area contributed by atoms with Crippen LogP contribution >= 0.6 is 0 Å². The maximum absolute atomic E-state index is 6.53. The van der Waals surface area contributed by atoms with Gasteiger partial charge in [0.05, 0.1) is 12.8 Å². The molecular weight excluding hydrogens is 421 g/mol. The Morgan fingerprint density at radius 3 is 2.53 bits per heavy atom. The molecule has 0 unspecified atom stereocenters. The van der Waals surface area contributed by atoms with Gasteiger partial charge >= 0.3 is 0 Å². The number of aromatic amines is 1. The highest BCUT2D eigenvalue weighted by Gasteiger charge is 2.41. The molecule has 5 aromatic rings. The van der Waals surface area contributed by atoms with Crippen molar-refractivity contribution in [1.82, 2.24) is 4.98 Å². The Hall–Kier alpha value is -4.19. The third-order valence-corrected chi connectivity index (χ3v) is 7.18. The molecule has 4 aromatic carbocycles. The first kappa shape index (κ1) is 19.3. The molecule has 3 heterocycles. The standard InChI is InChI=1S/C28H22BN3O2/c1-16-21(12-8-14-23(16)33-3)32-17(2)30-27-22(32)15-25-26-28(27)31-20-11-6-4-9-18(20)29(26)19-10-5-7-13-24(19)34-25/h4-15,31H,1-3H3/p+1. The molecule has 0 bridgehead atoms. The highest BCUT2D eigenvalue weighted by molar-refractivity contribution is 6.99. The van der Waals surface area contributed by atoms with E-state index in [1.807, 2.05) is 18.2 Å². The summed E-state index contributed by atoms with van der Waals surface area (Å²) in [7, 11) is 1.71. The summed E-state index contributed by atoms with van der Waals surface area (Å²) in [5.41, 5.74) is 10.2. The predicted molar refractivity (Wildman–Crippen MR) is 137 cm³/mol. The van der Waals surface area contributed by atoms with E-state index in [-0.39, 0.29) is 6.71 Å². The van der Waals surface area contributed by atoms with Crippen molar-refractivity contribution in [2.24, 2.45) is 0 Å². The maximum Gasteiger partial charge on any atom is 0.257 e. The second-order valence-electron chi connectivity index (χ2n) is 8.99. The van der Waals surface area contributed by atoms with Gasteiger partial charge in [-0.1, -0.05) is 42.5 Å². The van der Waals surface area contributed by atoms with Gasteiger partial charge in [0.2, 0.25) is 0 Å². The lowest BCUT2D eigenvalue weighted by molar-refractivity contribution is -0.574. The van der Waals surface area contributed by atoms with E-state index in [0.717, 1.165) is 56.7 Å². The van der Waals surface area contributed by atoms with Gasteiger partial charge in [0, 0.05) is 29.7 Å². The molecule has 2 aliphatic rings. The number of nitrogens with zero attached hydrogens (tertiary/aromatic N) is 1. The zero-order chi connectivity index (χ0) is 23.0. The molecule has 0 spiro atoms. The lowest BCUT2D eigenvalue weighted by Gasteiger charge is -2.33. The highest BCUT2D eigenvalue weighted by atomic mass is 16.5. The summed E-state index contributed by atoms with van der Waals surface area (Å²) in [5, 5.41) is 3.73. The van der Waals surface area contributed by atoms with Crippen molar-refractivity contribution in [3.63, 3.8) is 0 Å². The molecule has 7 rings (SSSR count). The first-order valence-corrected chi connectivity index (χ1v) is 11.5. The fourth-order valence-electron chi connectivity index (χ4n) is 5.66. The summed E-state index contributed by atoms with van der Waals surface area (Å²) < 4.78 is 14.4. The largest absolute Gasteiger partial charge is 0.496 e. The van der Waals surface area contributed by atoms with E-state index < -0.39 is 0 Å². The van der Waals surface area contributed by atoms with Gasteiger partial charge in [-0.25, -0.2) is 4.98 Å². The summed E-state index contributed by atoms with van der Waals surface area (Å²) in [6.45, 7) is 4.32. The number of ether oxygens (including phenoxy) is 2. The molecule has 164 valence electrons. The van der Waals surface area contributed by atoms with Crippen molar-refractivity contribution in [1.29, 1.82) is 0 Å². The van der Waals surface area contributed by atoms with E-state index in [2.05, 4.69) is 83.3 Å². The molecule has 0 fully saturated rings. The summed E-state index contributed by atoms with van der Waals surface area (Å²) in [4.78, 5) is 3.67. The molecular formula is C28H23BN3O2+. The minimum Gasteiger partial charge on any atom is -0.496 e. The van der Waals surface area contributed by atoms with Crippen molar-refractivity contribution in [2.45, 2.75) is 13.8 Å². The van der Waals surface area contributed by atoms with Crippen molar-refractivity contribution < 1.29 is 14.0 Å². The SMILES string of the molecule is COc1cccc(-[n+]2c(C)[nH]c3c4c5c(cc32)Oc2ccccc2B5c2ccccc2N4)c1C. The molecule has 0 radical (unpaired) electrons. The molecule has 2 aliphatic heterocycles. The molecule has 0 amide bonds. The normalized spacial score (nSPS) is 13.0. The smallest absolute Gasteiger partial charge is 0.257 e. The Kier molecular flexibility index (Phi) is 3.92. The third-order valence-electron chi connectivity index (χ3n) is 7.18. The highest BCUT2D eigenvalue weighted by Crippen LogP contribution is 2.36. The van der Waals surface area contributed by atoms with E-state index in [4.69, 9.17) is 9.47 Å². The van der Waals surface area contributed by atoms with E-state index in [9.17, 15) is 0 Å². The predicted octanol–water partition coefficient (Wildman–Crippen LogP) is 3.75. The lowest BCUT2D eigenvalue weighted by Crippen LogP contribution is -2.58. The Balaban J connectivity index is 1.56. The van der Waals surface area contributed by atoms with Crippen molar-refractivity contribution in [3.05, 3.63) is 84.2 Å². The number of H-pyrrole nitrogens is 1. The van der Waals surface area contributed by atoms with Crippen LogP contribution in [0.4, 0.5) is 11.4 Å². The van der Waals surface area contributed by atoms with Crippen LogP contribution in [0.15, 0.2) is 72.8 Å². The van der Waals surface area contributed by atoms with Crippen LogP contribution in [-0.2, 0) is 0 Å². The van der Waals surface area contributed by atoms with Crippen molar-refractivity contribution >= 4 is 45.5 Å². The first-order chi connectivity index (χ1) is 16.7. The molecule has 1 aromatic heterocycles. The summed E-state index contributed by atoms with van der Waals surface area (Å²) in [6.07, 6.45) is 0. The molecule has 5 nitrogen and oxygen atoms in total.